The molecule has 4 nitrogen and oxygen atoms in total. The first-order chi connectivity index (χ1) is 9.20. The molecule has 0 aliphatic rings. The lowest BCUT2D eigenvalue weighted by Gasteiger charge is -2.17. The van der Waals surface area contributed by atoms with Crippen molar-refractivity contribution in [2.45, 2.75) is 19.3 Å². The van der Waals surface area contributed by atoms with Gasteiger partial charge in [-0.25, -0.2) is 0 Å². The second kappa shape index (κ2) is 6.68. The van der Waals surface area contributed by atoms with Crippen LogP contribution in [0, 0.1) is 0 Å². The molecule has 0 saturated carbocycles. The summed E-state index contributed by atoms with van der Waals surface area (Å²) in [6.07, 6.45) is 2.79. The quantitative estimate of drug-likeness (QED) is 0.882. The topological polar surface area (TPSA) is 42.7 Å². The van der Waals surface area contributed by atoms with Crippen molar-refractivity contribution < 1.29 is 0 Å². The Hall–Kier alpha value is -1.39. The monoisotopic (exact) mass is 278 g/mol. The predicted octanol–water partition coefficient (Wildman–Crippen LogP) is 2.40. The maximum atomic E-state index is 6.30. The van der Waals surface area contributed by atoms with Gasteiger partial charge in [-0.15, -0.1) is 5.10 Å². The molecule has 0 amide bonds. The maximum Gasteiger partial charge on any atom is 0.0833 e. The average Bonchev–Trinajstić information content (AvgIpc) is 2.81. The minimum Gasteiger partial charge on any atom is -0.316 e. The van der Waals surface area contributed by atoms with E-state index in [1.165, 1.54) is 0 Å². The molecular formula is C14H19ClN4. The van der Waals surface area contributed by atoms with E-state index >= 15 is 0 Å². The van der Waals surface area contributed by atoms with Gasteiger partial charge in [-0.3, -0.25) is 4.68 Å². The summed E-state index contributed by atoms with van der Waals surface area (Å²) >= 11 is 6.30. The van der Waals surface area contributed by atoms with Crippen molar-refractivity contribution in [2.24, 2.45) is 7.05 Å². The SMILES string of the molecule is CCNCC(Cc1cn(C)nn1)c1ccccc1Cl. The number of hydrogen-bond acceptors (Lipinski definition) is 3. The number of aryl methyl sites for hydroxylation is 1. The van der Waals surface area contributed by atoms with Crippen LogP contribution in [-0.4, -0.2) is 28.1 Å². The zero-order chi connectivity index (χ0) is 13.7. The molecule has 1 unspecified atom stereocenters. The summed E-state index contributed by atoms with van der Waals surface area (Å²) in [6, 6.07) is 8.00. The molecule has 0 radical (unpaired) electrons. The number of hydrogen-bond donors (Lipinski definition) is 1. The van der Waals surface area contributed by atoms with Crippen LogP contribution in [0.2, 0.25) is 5.02 Å². The molecule has 0 aliphatic carbocycles. The summed E-state index contributed by atoms with van der Waals surface area (Å²) in [5.41, 5.74) is 2.15. The smallest absolute Gasteiger partial charge is 0.0833 e. The molecule has 0 spiro atoms. The van der Waals surface area contributed by atoms with Crippen molar-refractivity contribution in [3.05, 3.63) is 46.7 Å². The van der Waals surface area contributed by atoms with Gasteiger partial charge in [-0.1, -0.05) is 41.9 Å². The van der Waals surface area contributed by atoms with Crippen LogP contribution < -0.4 is 5.32 Å². The molecule has 19 heavy (non-hydrogen) atoms. The van der Waals surface area contributed by atoms with Crippen LogP contribution in [0.3, 0.4) is 0 Å². The van der Waals surface area contributed by atoms with Crippen LogP contribution in [0.4, 0.5) is 0 Å². The van der Waals surface area contributed by atoms with Crippen LogP contribution >= 0.6 is 11.6 Å². The second-order valence-corrected chi connectivity index (χ2v) is 5.02. The lowest BCUT2D eigenvalue weighted by atomic mass is 9.94. The number of nitrogens with zero attached hydrogens (tertiary/aromatic N) is 3. The summed E-state index contributed by atoms with van der Waals surface area (Å²) < 4.78 is 1.73. The zero-order valence-corrected chi connectivity index (χ0v) is 12.1. The molecule has 0 saturated heterocycles. The van der Waals surface area contributed by atoms with Gasteiger partial charge >= 0.3 is 0 Å². The molecule has 1 atom stereocenters. The molecule has 0 bridgehead atoms. The highest BCUT2D eigenvalue weighted by Gasteiger charge is 2.16. The summed E-state index contributed by atoms with van der Waals surface area (Å²) in [5.74, 6) is 0.311. The van der Waals surface area contributed by atoms with Crippen molar-refractivity contribution in [1.29, 1.82) is 0 Å². The Kier molecular flexibility index (Phi) is 4.93. The van der Waals surface area contributed by atoms with Gasteiger partial charge in [0.05, 0.1) is 5.69 Å². The van der Waals surface area contributed by atoms with E-state index in [1.54, 1.807) is 4.68 Å². The molecule has 102 valence electrons. The largest absolute Gasteiger partial charge is 0.316 e. The van der Waals surface area contributed by atoms with E-state index in [0.717, 1.165) is 35.8 Å². The molecule has 2 aromatic rings. The number of rotatable bonds is 6. The fourth-order valence-electron chi connectivity index (χ4n) is 2.16. The van der Waals surface area contributed by atoms with Crippen LogP contribution in [0.25, 0.3) is 0 Å². The molecule has 1 heterocycles. The van der Waals surface area contributed by atoms with Gasteiger partial charge in [0.1, 0.15) is 0 Å². The highest BCUT2D eigenvalue weighted by Crippen LogP contribution is 2.26. The Morgan fingerprint density at radius 2 is 2.16 bits per heavy atom. The van der Waals surface area contributed by atoms with Crippen molar-refractivity contribution in [1.82, 2.24) is 20.3 Å². The molecule has 1 N–H and O–H groups in total. The Bertz CT molecular complexity index is 524. The van der Waals surface area contributed by atoms with Crippen molar-refractivity contribution in [3.8, 4) is 0 Å². The predicted molar refractivity (Wildman–Crippen MR) is 77.4 cm³/mol. The first kappa shape index (κ1) is 14.0. The Morgan fingerprint density at radius 3 is 2.79 bits per heavy atom. The van der Waals surface area contributed by atoms with Gasteiger partial charge in [0.2, 0.25) is 0 Å². The van der Waals surface area contributed by atoms with Crippen molar-refractivity contribution in [2.75, 3.05) is 13.1 Å². The number of halogens is 1. The standard InChI is InChI=1S/C14H19ClN4/c1-3-16-9-11(8-12-10-19(2)18-17-12)13-6-4-5-7-14(13)15/h4-7,10-11,16H,3,8-9H2,1-2H3. The van der Waals surface area contributed by atoms with Gasteiger partial charge in [-0.05, 0) is 18.2 Å². The average molecular weight is 279 g/mol. The van der Waals surface area contributed by atoms with Gasteiger partial charge in [-0.2, -0.15) is 0 Å². The summed E-state index contributed by atoms with van der Waals surface area (Å²) in [7, 11) is 1.88. The van der Waals surface area contributed by atoms with Crippen LogP contribution in [0.15, 0.2) is 30.5 Å². The molecular weight excluding hydrogens is 260 g/mol. The highest BCUT2D eigenvalue weighted by atomic mass is 35.5. The molecule has 2 rings (SSSR count). The van der Waals surface area contributed by atoms with E-state index in [1.807, 2.05) is 31.4 Å². The third kappa shape index (κ3) is 3.78. The minimum atomic E-state index is 0.311. The number of nitrogens with one attached hydrogen (secondary N) is 1. The second-order valence-electron chi connectivity index (χ2n) is 4.61. The minimum absolute atomic E-state index is 0.311. The summed E-state index contributed by atoms with van der Waals surface area (Å²) in [4.78, 5) is 0. The number of aromatic nitrogens is 3. The van der Waals surface area contributed by atoms with Crippen LogP contribution in [0.5, 0.6) is 0 Å². The van der Waals surface area contributed by atoms with E-state index in [9.17, 15) is 0 Å². The Morgan fingerprint density at radius 1 is 1.37 bits per heavy atom. The van der Waals surface area contributed by atoms with E-state index in [0.29, 0.717) is 5.92 Å². The van der Waals surface area contributed by atoms with Crippen LogP contribution in [0.1, 0.15) is 24.1 Å². The van der Waals surface area contributed by atoms with E-state index in [4.69, 9.17) is 11.6 Å². The summed E-state index contributed by atoms with van der Waals surface area (Å²) in [6.45, 7) is 3.93. The first-order valence-corrected chi connectivity index (χ1v) is 6.88. The Balaban J connectivity index is 2.18. The first-order valence-electron chi connectivity index (χ1n) is 6.51. The van der Waals surface area contributed by atoms with E-state index in [-0.39, 0.29) is 0 Å². The third-order valence-electron chi connectivity index (χ3n) is 3.09. The number of likely N-dealkylation sites (N-methyl/N-ethyl adjacent to an activating group) is 1. The zero-order valence-electron chi connectivity index (χ0n) is 11.3. The van der Waals surface area contributed by atoms with Crippen molar-refractivity contribution in [3.63, 3.8) is 0 Å². The van der Waals surface area contributed by atoms with Gasteiger partial charge in [0.15, 0.2) is 0 Å². The molecule has 1 aromatic heterocycles. The highest BCUT2D eigenvalue weighted by molar-refractivity contribution is 6.31. The number of benzene rings is 1. The normalized spacial score (nSPS) is 12.6. The summed E-state index contributed by atoms with van der Waals surface area (Å²) in [5, 5.41) is 12.3. The van der Waals surface area contributed by atoms with E-state index in [2.05, 4.69) is 28.6 Å². The Labute approximate surface area is 118 Å². The molecule has 0 fully saturated rings. The lowest BCUT2D eigenvalue weighted by molar-refractivity contribution is 0.588. The van der Waals surface area contributed by atoms with E-state index < -0.39 is 0 Å². The third-order valence-corrected chi connectivity index (χ3v) is 3.44. The lowest BCUT2D eigenvalue weighted by Crippen LogP contribution is -2.23. The van der Waals surface area contributed by atoms with Crippen LogP contribution in [-0.2, 0) is 13.5 Å². The maximum absolute atomic E-state index is 6.30. The van der Waals surface area contributed by atoms with Gasteiger partial charge in [0.25, 0.3) is 0 Å². The molecule has 0 aliphatic heterocycles. The van der Waals surface area contributed by atoms with Crippen molar-refractivity contribution >= 4 is 11.6 Å². The molecule has 5 heteroatoms. The van der Waals surface area contributed by atoms with Gasteiger partial charge < -0.3 is 5.32 Å². The van der Waals surface area contributed by atoms with Gasteiger partial charge in [0, 0.05) is 37.2 Å². The molecule has 1 aromatic carbocycles. The fourth-order valence-corrected chi connectivity index (χ4v) is 2.45. The fraction of sp³-hybridized carbons (Fsp3) is 0.429.